The first-order valence-electron chi connectivity index (χ1n) is 5.88. The summed E-state index contributed by atoms with van der Waals surface area (Å²) < 4.78 is 39.1. The Hall–Kier alpha value is -2.59. The first-order valence-corrected chi connectivity index (χ1v) is 7.53. The molecular formula is C14H11FN2O3S. The SMILES string of the molecule is N#Cc1ccccc1CS(=O)(=O)Nc1ccc(F)cc1O. The van der Waals surface area contributed by atoms with Crippen molar-refractivity contribution in [3.05, 3.63) is 59.4 Å². The van der Waals surface area contributed by atoms with Gasteiger partial charge in [0.2, 0.25) is 10.0 Å². The second-order valence-electron chi connectivity index (χ2n) is 4.29. The Kier molecular flexibility index (Phi) is 4.10. The molecule has 0 radical (unpaired) electrons. The van der Waals surface area contributed by atoms with Crippen LogP contribution in [-0.2, 0) is 15.8 Å². The van der Waals surface area contributed by atoms with Crippen molar-refractivity contribution in [1.29, 1.82) is 5.26 Å². The number of hydrogen-bond donors (Lipinski definition) is 2. The fourth-order valence-electron chi connectivity index (χ4n) is 1.75. The number of rotatable bonds is 4. The number of phenolic OH excluding ortho intramolecular Hbond substituents is 1. The van der Waals surface area contributed by atoms with Gasteiger partial charge in [-0.1, -0.05) is 18.2 Å². The van der Waals surface area contributed by atoms with Gasteiger partial charge in [0.15, 0.2) is 0 Å². The molecule has 0 aliphatic carbocycles. The summed E-state index contributed by atoms with van der Waals surface area (Å²) in [5, 5.41) is 18.4. The molecule has 108 valence electrons. The predicted octanol–water partition coefficient (Wildman–Crippen LogP) is 2.34. The van der Waals surface area contributed by atoms with E-state index in [-0.39, 0.29) is 11.3 Å². The normalized spacial score (nSPS) is 10.9. The topological polar surface area (TPSA) is 90.2 Å². The minimum absolute atomic E-state index is 0.120. The first kappa shape index (κ1) is 14.8. The summed E-state index contributed by atoms with van der Waals surface area (Å²) in [5.41, 5.74) is 0.478. The average molecular weight is 306 g/mol. The van der Waals surface area contributed by atoms with Gasteiger partial charge in [-0.2, -0.15) is 5.26 Å². The molecule has 0 aromatic heterocycles. The predicted molar refractivity (Wildman–Crippen MR) is 75.5 cm³/mol. The maximum absolute atomic E-state index is 12.9. The summed E-state index contributed by atoms with van der Waals surface area (Å²) >= 11 is 0. The van der Waals surface area contributed by atoms with Crippen LogP contribution in [0.5, 0.6) is 5.75 Å². The van der Waals surface area contributed by atoms with Crippen LogP contribution in [0.4, 0.5) is 10.1 Å². The summed E-state index contributed by atoms with van der Waals surface area (Å²) in [6, 6.07) is 11.2. The van der Waals surface area contributed by atoms with Gasteiger partial charge in [-0.3, -0.25) is 4.72 Å². The summed E-state index contributed by atoms with van der Waals surface area (Å²) in [6.07, 6.45) is 0. The Morgan fingerprint density at radius 2 is 1.95 bits per heavy atom. The molecule has 0 aliphatic heterocycles. The third-order valence-electron chi connectivity index (χ3n) is 2.71. The molecule has 2 aromatic rings. The van der Waals surface area contributed by atoms with Crippen LogP contribution in [0.15, 0.2) is 42.5 Å². The molecule has 2 rings (SSSR count). The average Bonchev–Trinajstić information content (AvgIpc) is 2.42. The van der Waals surface area contributed by atoms with E-state index in [1.165, 1.54) is 12.1 Å². The molecule has 0 aliphatic rings. The van der Waals surface area contributed by atoms with Crippen LogP contribution in [0.1, 0.15) is 11.1 Å². The lowest BCUT2D eigenvalue weighted by atomic mass is 10.1. The molecule has 2 aromatic carbocycles. The molecule has 0 unspecified atom stereocenters. The van der Waals surface area contributed by atoms with E-state index in [9.17, 15) is 17.9 Å². The number of aromatic hydroxyl groups is 1. The second-order valence-corrected chi connectivity index (χ2v) is 6.01. The molecule has 0 fully saturated rings. The largest absolute Gasteiger partial charge is 0.506 e. The van der Waals surface area contributed by atoms with Crippen LogP contribution < -0.4 is 4.72 Å². The van der Waals surface area contributed by atoms with Crippen molar-refractivity contribution in [1.82, 2.24) is 0 Å². The van der Waals surface area contributed by atoms with Gasteiger partial charge < -0.3 is 5.11 Å². The van der Waals surface area contributed by atoms with E-state index in [0.717, 1.165) is 18.2 Å². The van der Waals surface area contributed by atoms with Gasteiger partial charge >= 0.3 is 0 Å². The molecule has 0 saturated carbocycles. The lowest BCUT2D eigenvalue weighted by molar-refractivity contribution is 0.471. The quantitative estimate of drug-likeness (QED) is 0.848. The molecule has 2 N–H and O–H groups in total. The molecule has 0 amide bonds. The van der Waals surface area contributed by atoms with E-state index in [0.29, 0.717) is 5.56 Å². The van der Waals surface area contributed by atoms with Gasteiger partial charge in [0, 0.05) is 6.07 Å². The molecule has 21 heavy (non-hydrogen) atoms. The number of nitriles is 1. The van der Waals surface area contributed by atoms with Crippen molar-refractivity contribution in [2.75, 3.05) is 4.72 Å². The van der Waals surface area contributed by atoms with Gasteiger partial charge in [0.25, 0.3) is 0 Å². The molecular weight excluding hydrogens is 295 g/mol. The Morgan fingerprint density at radius 3 is 2.62 bits per heavy atom. The van der Waals surface area contributed by atoms with Crippen molar-refractivity contribution in [3.8, 4) is 11.8 Å². The number of anilines is 1. The van der Waals surface area contributed by atoms with Crippen molar-refractivity contribution in [2.24, 2.45) is 0 Å². The first-order chi connectivity index (χ1) is 9.91. The number of benzene rings is 2. The van der Waals surface area contributed by atoms with Crippen molar-refractivity contribution in [3.63, 3.8) is 0 Å². The lowest BCUT2D eigenvalue weighted by Gasteiger charge is -2.10. The van der Waals surface area contributed by atoms with Crippen LogP contribution in [-0.4, -0.2) is 13.5 Å². The number of sulfonamides is 1. The van der Waals surface area contributed by atoms with E-state index in [2.05, 4.69) is 4.72 Å². The zero-order valence-electron chi connectivity index (χ0n) is 10.7. The highest BCUT2D eigenvalue weighted by molar-refractivity contribution is 7.91. The maximum atomic E-state index is 12.9. The Morgan fingerprint density at radius 1 is 1.24 bits per heavy atom. The van der Waals surface area contributed by atoms with E-state index < -0.39 is 27.3 Å². The van der Waals surface area contributed by atoms with Crippen LogP contribution in [0.25, 0.3) is 0 Å². The van der Waals surface area contributed by atoms with Crippen molar-refractivity contribution < 1.29 is 17.9 Å². The zero-order chi connectivity index (χ0) is 15.5. The van der Waals surface area contributed by atoms with Gasteiger partial charge in [-0.25, -0.2) is 12.8 Å². The fourth-order valence-corrected chi connectivity index (χ4v) is 3.00. The lowest BCUT2D eigenvalue weighted by Crippen LogP contribution is -2.15. The molecule has 0 saturated heterocycles. The smallest absolute Gasteiger partial charge is 0.237 e. The van der Waals surface area contributed by atoms with E-state index in [1.54, 1.807) is 12.1 Å². The number of hydrogen-bond acceptors (Lipinski definition) is 4. The number of nitrogens with zero attached hydrogens (tertiary/aromatic N) is 1. The molecule has 0 heterocycles. The summed E-state index contributed by atoms with van der Waals surface area (Å²) in [7, 11) is -3.84. The highest BCUT2D eigenvalue weighted by Crippen LogP contribution is 2.25. The van der Waals surface area contributed by atoms with Gasteiger partial charge in [0.1, 0.15) is 11.6 Å². The molecule has 7 heteroatoms. The van der Waals surface area contributed by atoms with E-state index in [1.807, 2.05) is 6.07 Å². The molecule has 5 nitrogen and oxygen atoms in total. The monoisotopic (exact) mass is 306 g/mol. The van der Waals surface area contributed by atoms with Gasteiger partial charge in [-0.05, 0) is 23.8 Å². The van der Waals surface area contributed by atoms with Crippen molar-refractivity contribution in [2.45, 2.75) is 5.75 Å². The highest BCUT2D eigenvalue weighted by Gasteiger charge is 2.16. The third kappa shape index (κ3) is 3.70. The van der Waals surface area contributed by atoms with Crippen molar-refractivity contribution >= 4 is 15.7 Å². The Labute approximate surface area is 121 Å². The summed E-state index contributed by atoms with van der Waals surface area (Å²) in [6.45, 7) is 0. The second kappa shape index (κ2) is 5.81. The summed E-state index contributed by atoms with van der Waals surface area (Å²) in [4.78, 5) is 0. The van der Waals surface area contributed by atoms with Crippen LogP contribution in [0.2, 0.25) is 0 Å². The summed E-state index contributed by atoms with van der Waals surface area (Å²) in [5.74, 6) is -1.61. The molecule has 0 spiro atoms. The zero-order valence-corrected chi connectivity index (χ0v) is 11.6. The number of nitrogens with one attached hydrogen (secondary N) is 1. The Bertz CT molecular complexity index is 813. The van der Waals surface area contributed by atoms with E-state index >= 15 is 0 Å². The molecule has 0 atom stereocenters. The Balaban J connectivity index is 2.25. The number of phenols is 1. The van der Waals surface area contributed by atoms with Gasteiger partial charge in [-0.15, -0.1) is 0 Å². The van der Waals surface area contributed by atoms with Crippen LogP contribution in [0, 0.1) is 17.1 Å². The minimum atomic E-state index is -3.84. The van der Waals surface area contributed by atoms with Gasteiger partial charge in [0.05, 0.1) is 23.1 Å². The third-order valence-corrected chi connectivity index (χ3v) is 3.93. The van der Waals surface area contributed by atoms with E-state index in [4.69, 9.17) is 5.26 Å². The maximum Gasteiger partial charge on any atom is 0.237 e. The van der Waals surface area contributed by atoms with Crippen LogP contribution >= 0.6 is 0 Å². The molecule has 0 bridgehead atoms. The van der Waals surface area contributed by atoms with Crippen LogP contribution in [0.3, 0.4) is 0 Å². The number of halogens is 1. The standard InChI is InChI=1S/C14H11FN2O3S/c15-12-5-6-13(14(18)7-12)17-21(19,20)9-11-4-2-1-3-10(11)8-16/h1-7,17-18H,9H2. The fraction of sp³-hybridized carbons (Fsp3) is 0.0714. The minimum Gasteiger partial charge on any atom is -0.506 e. The highest BCUT2D eigenvalue weighted by atomic mass is 32.2.